The minimum Gasteiger partial charge on any atom is -0.336 e. The lowest BCUT2D eigenvalue weighted by Crippen LogP contribution is -2.22. The number of H-pyrrole nitrogens is 1. The SMILES string of the molecule is O=Cc1[nH]c(-c2ccccc2C(Br)(C=O)C=O)nc1Cc1ccccc1. The number of alkyl halides is 1. The summed E-state index contributed by atoms with van der Waals surface area (Å²) >= 11 is 3.19. The molecule has 0 aliphatic rings. The van der Waals surface area contributed by atoms with E-state index < -0.39 is 4.32 Å². The van der Waals surface area contributed by atoms with E-state index >= 15 is 0 Å². The van der Waals surface area contributed by atoms with Crippen LogP contribution >= 0.6 is 15.9 Å². The van der Waals surface area contributed by atoms with E-state index in [1.54, 1.807) is 24.3 Å². The van der Waals surface area contributed by atoms with Crippen molar-refractivity contribution in [2.45, 2.75) is 10.7 Å². The van der Waals surface area contributed by atoms with Crippen LogP contribution in [0.4, 0.5) is 0 Å². The molecule has 0 unspecified atom stereocenters. The molecular weight excluding hydrogens is 396 g/mol. The van der Waals surface area contributed by atoms with Gasteiger partial charge in [0.25, 0.3) is 0 Å². The summed E-state index contributed by atoms with van der Waals surface area (Å²) in [4.78, 5) is 41.9. The molecule has 130 valence electrons. The van der Waals surface area contributed by atoms with Gasteiger partial charge >= 0.3 is 0 Å². The molecule has 5 nitrogen and oxygen atoms in total. The molecular formula is C20H15BrN2O3. The molecule has 0 radical (unpaired) electrons. The number of hydrogen-bond acceptors (Lipinski definition) is 4. The first-order valence-electron chi connectivity index (χ1n) is 7.90. The molecule has 0 aliphatic carbocycles. The minimum absolute atomic E-state index is 0.371. The third-order valence-corrected chi connectivity index (χ3v) is 4.88. The normalized spacial score (nSPS) is 11.1. The first-order valence-corrected chi connectivity index (χ1v) is 8.70. The van der Waals surface area contributed by atoms with Crippen molar-refractivity contribution in [2.75, 3.05) is 0 Å². The van der Waals surface area contributed by atoms with Crippen LogP contribution in [-0.4, -0.2) is 28.8 Å². The fraction of sp³-hybridized carbons (Fsp3) is 0.100. The first kappa shape index (κ1) is 17.9. The van der Waals surface area contributed by atoms with Crippen molar-refractivity contribution in [2.24, 2.45) is 0 Å². The molecule has 0 saturated carbocycles. The molecule has 26 heavy (non-hydrogen) atoms. The van der Waals surface area contributed by atoms with Crippen LogP contribution in [0.1, 0.15) is 27.3 Å². The second kappa shape index (κ2) is 7.58. The van der Waals surface area contributed by atoms with Gasteiger partial charge in [0.2, 0.25) is 0 Å². The lowest BCUT2D eigenvalue weighted by atomic mass is 9.96. The van der Waals surface area contributed by atoms with Crippen LogP contribution in [0, 0.1) is 0 Å². The van der Waals surface area contributed by atoms with Gasteiger partial charge in [0.15, 0.2) is 10.6 Å². The molecule has 0 spiro atoms. The predicted octanol–water partition coefficient (Wildman–Crippen LogP) is 3.47. The number of nitrogens with one attached hydrogen (secondary N) is 1. The molecule has 1 heterocycles. The number of imidazole rings is 1. The van der Waals surface area contributed by atoms with E-state index in [1.165, 1.54) is 0 Å². The van der Waals surface area contributed by atoms with Crippen LogP contribution in [0.5, 0.6) is 0 Å². The number of benzene rings is 2. The van der Waals surface area contributed by atoms with Crippen molar-refractivity contribution in [3.63, 3.8) is 0 Å². The summed E-state index contributed by atoms with van der Waals surface area (Å²) < 4.78 is -1.46. The lowest BCUT2D eigenvalue weighted by Gasteiger charge is -2.17. The van der Waals surface area contributed by atoms with Crippen LogP contribution in [0.25, 0.3) is 11.4 Å². The van der Waals surface area contributed by atoms with Gasteiger partial charge < -0.3 is 14.6 Å². The first-order chi connectivity index (χ1) is 12.6. The van der Waals surface area contributed by atoms with Crippen LogP contribution in [0.2, 0.25) is 0 Å². The number of rotatable bonds is 7. The number of halogens is 1. The van der Waals surface area contributed by atoms with Crippen molar-refractivity contribution < 1.29 is 14.4 Å². The molecule has 0 saturated heterocycles. The third kappa shape index (κ3) is 3.41. The molecule has 0 amide bonds. The molecule has 6 heteroatoms. The van der Waals surface area contributed by atoms with Crippen LogP contribution in [0.3, 0.4) is 0 Å². The highest BCUT2D eigenvalue weighted by Gasteiger charge is 2.31. The van der Waals surface area contributed by atoms with Gasteiger partial charge in [0.05, 0.1) is 5.69 Å². The average molecular weight is 411 g/mol. The minimum atomic E-state index is -1.46. The summed E-state index contributed by atoms with van der Waals surface area (Å²) in [5.41, 5.74) is 3.04. The number of carbonyl (C=O) groups is 3. The Bertz CT molecular complexity index is 943. The Morgan fingerprint density at radius 3 is 2.27 bits per heavy atom. The number of aromatic amines is 1. The quantitative estimate of drug-likeness (QED) is 0.367. The van der Waals surface area contributed by atoms with Crippen molar-refractivity contribution in [1.82, 2.24) is 9.97 Å². The van der Waals surface area contributed by atoms with Crippen molar-refractivity contribution in [3.05, 3.63) is 77.1 Å². The van der Waals surface area contributed by atoms with Crippen LogP contribution in [0.15, 0.2) is 54.6 Å². The van der Waals surface area contributed by atoms with Gasteiger partial charge in [-0.25, -0.2) is 4.98 Å². The summed E-state index contributed by atoms with van der Waals surface area (Å²) in [7, 11) is 0. The maximum absolute atomic E-state index is 11.5. The zero-order valence-corrected chi connectivity index (χ0v) is 15.3. The van der Waals surface area contributed by atoms with E-state index in [9.17, 15) is 14.4 Å². The predicted molar refractivity (Wildman–Crippen MR) is 101 cm³/mol. The van der Waals surface area contributed by atoms with Gasteiger partial charge in [0, 0.05) is 12.0 Å². The Morgan fingerprint density at radius 1 is 0.962 bits per heavy atom. The van der Waals surface area contributed by atoms with Gasteiger partial charge in [0.1, 0.15) is 24.1 Å². The number of aromatic nitrogens is 2. The molecule has 1 N–H and O–H groups in total. The van der Waals surface area contributed by atoms with E-state index in [0.29, 0.717) is 47.3 Å². The highest BCUT2D eigenvalue weighted by molar-refractivity contribution is 9.10. The smallest absolute Gasteiger partial charge is 0.168 e. The summed E-state index contributed by atoms with van der Waals surface area (Å²) in [6.07, 6.45) is 2.28. The molecule has 0 fully saturated rings. The van der Waals surface area contributed by atoms with E-state index in [-0.39, 0.29) is 0 Å². The summed E-state index contributed by atoms with van der Waals surface area (Å²) in [6, 6.07) is 16.6. The highest BCUT2D eigenvalue weighted by atomic mass is 79.9. The zero-order chi connectivity index (χ0) is 18.6. The van der Waals surface area contributed by atoms with E-state index in [2.05, 4.69) is 25.9 Å². The fourth-order valence-corrected chi connectivity index (χ4v) is 3.10. The maximum atomic E-state index is 11.5. The van der Waals surface area contributed by atoms with Crippen molar-refractivity contribution in [1.29, 1.82) is 0 Å². The Morgan fingerprint density at radius 2 is 1.62 bits per heavy atom. The molecule has 3 rings (SSSR count). The second-order valence-electron chi connectivity index (χ2n) is 5.78. The zero-order valence-electron chi connectivity index (χ0n) is 13.7. The fourth-order valence-electron chi connectivity index (χ4n) is 2.75. The monoisotopic (exact) mass is 410 g/mol. The molecule has 1 aromatic heterocycles. The number of hydrogen-bond donors (Lipinski definition) is 1. The molecule has 0 atom stereocenters. The summed E-state index contributed by atoms with van der Waals surface area (Å²) in [6.45, 7) is 0. The third-order valence-electron chi connectivity index (χ3n) is 4.08. The van der Waals surface area contributed by atoms with E-state index in [1.807, 2.05) is 30.3 Å². The second-order valence-corrected chi connectivity index (χ2v) is 7.09. The Labute approximate surface area is 158 Å². The maximum Gasteiger partial charge on any atom is 0.168 e. The topological polar surface area (TPSA) is 79.9 Å². The van der Waals surface area contributed by atoms with Crippen LogP contribution in [-0.2, 0) is 20.3 Å². The Balaban J connectivity index is 2.08. The summed E-state index contributed by atoms with van der Waals surface area (Å²) in [5.74, 6) is 0.432. The van der Waals surface area contributed by atoms with Gasteiger partial charge in [-0.1, -0.05) is 70.5 Å². The lowest BCUT2D eigenvalue weighted by molar-refractivity contribution is -0.117. The largest absolute Gasteiger partial charge is 0.336 e. The van der Waals surface area contributed by atoms with Gasteiger partial charge in [-0.15, -0.1) is 0 Å². The molecule has 0 bridgehead atoms. The highest BCUT2D eigenvalue weighted by Crippen LogP contribution is 2.34. The number of nitrogens with zero attached hydrogens (tertiary/aromatic N) is 1. The number of carbonyl (C=O) groups excluding carboxylic acids is 3. The Kier molecular flexibility index (Phi) is 5.23. The standard InChI is InChI=1S/C20H15BrN2O3/c21-20(12-25,13-26)16-9-5-4-8-15(16)19-22-17(18(11-24)23-19)10-14-6-2-1-3-7-14/h1-9,11-13H,10H2,(H,22,23). The molecule has 3 aromatic rings. The summed E-state index contributed by atoms with van der Waals surface area (Å²) in [5, 5.41) is 0. The van der Waals surface area contributed by atoms with Gasteiger partial charge in [-0.05, 0) is 11.1 Å². The van der Waals surface area contributed by atoms with Gasteiger partial charge in [-0.3, -0.25) is 4.79 Å². The van der Waals surface area contributed by atoms with Crippen molar-refractivity contribution in [3.8, 4) is 11.4 Å². The van der Waals surface area contributed by atoms with E-state index in [0.717, 1.165) is 11.8 Å². The van der Waals surface area contributed by atoms with Gasteiger partial charge in [-0.2, -0.15) is 0 Å². The number of aldehydes is 3. The van der Waals surface area contributed by atoms with Crippen molar-refractivity contribution >= 4 is 34.8 Å². The molecule has 2 aromatic carbocycles. The van der Waals surface area contributed by atoms with Crippen LogP contribution < -0.4 is 0 Å². The van der Waals surface area contributed by atoms with E-state index in [4.69, 9.17) is 0 Å². The average Bonchev–Trinajstić information content (AvgIpc) is 3.11. The molecule has 0 aliphatic heterocycles. The Hall–Kier alpha value is -2.86.